The van der Waals surface area contributed by atoms with Gasteiger partial charge in [-0.15, -0.1) is 0 Å². The molecule has 17 heavy (non-hydrogen) atoms. The molecule has 0 bridgehead atoms. The van der Waals surface area contributed by atoms with Crippen LogP contribution >= 0.6 is 0 Å². The van der Waals surface area contributed by atoms with Crippen LogP contribution in [-0.4, -0.2) is 13.2 Å². The van der Waals surface area contributed by atoms with Gasteiger partial charge in [0.2, 0.25) is 0 Å². The molecule has 0 aliphatic rings. The topological polar surface area (TPSA) is 27.7 Å². The molecule has 0 saturated heterocycles. The Morgan fingerprint density at radius 1 is 0.824 bits per heavy atom. The monoisotopic (exact) mass is 242 g/mol. The van der Waals surface area contributed by atoms with E-state index in [0.29, 0.717) is 0 Å². The third-order valence-electron chi connectivity index (χ3n) is 2.05. The number of hydrogen-bond donors (Lipinski definition) is 0. The minimum absolute atomic E-state index is 0.743. The number of hydrogen-bond acceptors (Lipinski definition) is 3. The smallest absolute Gasteiger partial charge is 0.135 e. The van der Waals surface area contributed by atoms with Gasteiger partial charge in [-0.1, -0.05) is 26.7 Å². The molecule has 0 aliphatic carbocycles. The fraction of sp³-hybridized carbons (Fsp3) is 0.714. The van der Waals surface area contributed by atoms with Crippen molar-refractivity contribution >= 4 is 0 Å². The second-order valence-corrected chi connectivity index (χ2v) is 4.01. The SMILES string of the molecule is CCCCOC=C(C)OC(C)=COCCCC. The van der Waals surface area contributed by atoms with E-state index >= 15 is 0 Å². The van der Waals surface area contributed by atoms with Crippen molar-refractivity contribution in [2.24, 2.45) is 0 Å². The lowest BCUT2D eigenvalue weighted by molar-refractivity contribution is 0.193. The van der Waals surface area contributed by atoms with Gasteiger partial charge in [-0.25, -0.2) is 0 Å². The molecule has 0 spiro atoms. The van der Waals surface area contributed by atoms with Gasteiger partial charge in [0.25, 0.3) is 0 Å². The summed E-state index contributed by atoms with van der Waals surface area (Å²) < 4.78 is 16.1. The lowest BCUT2D eigenvalue weighted by atomic mass is 10.4. The van der Waals surface area contributed by atoms with Crippen LogP contribution in [0.4, 0.5) is 0 Å². The Hall–Kier alpha value is -1.12. The highest BCUT2D eigenvalue weighted by molar-refractivity contribution is 4.92. The zero-order valence-corrected chi connectivity index (χ0v) is 11.6. The van der Waals surface area contributed by atoms with E-state index in [0.717, 1.165) is 50.4 Å². The molecular weight excluding hydrogens is 216 g/mol. The normalized spacial score (nSPS) is 12.5. The van der Waals surface area contributed by atoms with Gasteiger partial charge in [0, 0.05) is 0 Å². The van der Waals surface area contributed by atoms with Gasteiger partial charge >= 0.3 is 0 Å². The summed E-state index contributed by atoms with van der Waals surface area (Å²) in [6, 6.07) is 0. The van der Waals surface area contributed by atoms with Crippen LogP contribution in [0.2, 0.25) is 0 Å². The summed E-state index contributed by atoms with van der Waals surface area (Å²) in [5.74, 6) is 1.49. The lowest BCUT2D eigenvalue weighted by Crippen LogP contribution is -1.93. The van der Waals surface area contributed by atoms with Crippen LogP contribution in [0.5, 0.6) is 0 Å². The minimum atomic E-state index is 0.743. The summed E-state index contributed by atoms with van der Waals surface area (Å²) >= 11 is 0. The summed E-state index contributed by atoms with van der Waals surface area (Å²) in [4.78, 5) is 0. The van der Waals surface area contributed by atoms with Gasteiger partial charge in [-0.2, -0.15) is 0 Å². The van der Waals surface area contributed by atoms with Gasteiger partial charge < -0.3 is 14.2 Å². The highest BCUT2D eigenvalue weighted by Crippen LogP contribution is 2.06. The number of ether oxygens (including phenoxy) is 3. The van der Waals surface area contributed by atoms with E-state index in [1.807, 2.05) is 13.8 Å². The number of unbranched alkanes of at least 4 members (excludes halogenated alkanes) is 2. The van der Waals surface area contributed by atoms with Crippen molar-refractivity contribution < 1.29 is 14.2 Å². The summed E-state index contributed by atoms with van der Waals surface area (Å²) in [7, 11) is 0. The Balaban J connectivity index is 3.73. The van der Waals surface area contributed by atoms with Crippen molar-refractivity contribution in [1.29, 1.82) is 0 Å². The minimum Gasteiger partial charge on any atom is -0.498 e. The quantitative estimate of drug-likeness (QED) is 0.421. The Morgan fingerprint density at radius 2 is 1.24 bits per heavy atom. The fourth-order valence-corrected chi connectivity index (χ4v) is 1.11. The van der Waals surface area contributed by atoms with Crippen LogP contribution in [0.3, 0.4) is 0 Å². The van der Waals surface area contributed by atoms with E-state index in [1.54, 1.807) is 12.5 Å². The summed E-state index contributed by atoms with van der Waals surface area (Å²) in [6.45, 7) is 9.50. The fourth-order valence-electron chi connectivity index (χ4n) is 1.11. The van der Waals surface area contributed by atoms with Crippen molar-refractivity contribution in [3.05, 3.63) is 24.0 Å². The molecule has 0 N–H and O–H groups in total. The predicted molar refractivity (Wildman–Crippen MR) is 70.3 cm³/mol. The number of rotatable bonds is 10. The molecule has 3 heteroatoms. The molecule has 0 aromatic rings. The van der Waals surface area contributed by atoms with Crippen molar-refractivity contribution in [2.45, 2.75) is 53.4 Å². The van der Waals surface area contributed by atoms with Crippen LogP contribution in [0.15, 0.2) is 24.0 Å². The highest BCUT2D eigenvalue weighted by atomic mass is 16.5. The second kappa shape index (κ2) is 11.4. The summed E-state index contributed by atoms with van der Waals surface area (Å²) in [5.41, 5.74) is 0. The highest BCUT2D eigenvalue weighted by Gasteiger charge is 1.94. The maximum atomic E-state index is 5.48. The molecule has 0 heterocycles. The molecule has 0 aromatic heterocycles. The first kappa shape index (κ1) is 15.9. The van der Waals surface area contributed by atoms with E-state index in [4.69, 9.17) is 14.2 Å². The van der Waals surface area contributed by atoms with E-state index in [2.05, 4.69) is 13.8 Å². The summed E-state index contributed by atoms with van der Waals surface area (Å²) in [6.07, 6.45) is 7.71. The largest absolute Gasteiger partial charge is 0.498 e. The molecule has 0 saturated carbocycles. The summed E-state index contributed by atoms with van der Waals surface area (Å²) in [5, 5.41) is 0. The Labute approximate surface area is 105 Å². The first-order valence-corrected chi connectivity index (χ1v) is 6.45. The first-order chi connectivity index (χ1) is 8.20. The Kier molecular flexibility index (Phi) is 10.6. The predicted octanol–water partition coefficient (Wildman–Crippen LogP) is 4.36. The first-order valence-electron chi connectivity index (χ1n) is 6.45. The van der Waals surface area contributed by atoms with Crippen LogP contribution in [0, 0.1) is 0 Å². The van der Waals surface area contributed by atoms with Gasteiger partial charge in [-0.3, -0.25) is 0 Å². The molecule has 0 rings (SSSR count). The van der Waals surface area contributed by atoms with Crippen LogP contribution in [-0.2, 0) is 14.2 Å². The molecule has 0 atom stereocenters. The van der Waals surface area contributed by atoms with Crippen LogP contribution in [0.25, 0.3) is 0 Å². The van der Waals surface area contributed by atoms with E-state index < -0.39 is 0 Å². The third kappa shape index (κ3) is 11.1. The average Bonchev–Trinajstić information content (AvgIpc) is 2.30. The average molecular weight is 242 g/mol. The zero-order chi connectivity index (χ0) is 12.9. The van der Waals surface area contributed by atoms with Gasteiger partial charge in [0.05, 0.1) is 13.2 Å². The molecule has 0 fully saturated rings. The van der Waals surface area contributed by atoms with Crippen molar-refractivity contribution in [2.75, 3.05) is 13.2 Å². The maximum Gasteiger partial charge on any atom is 0.135 e. The standard InChI is InChI=1S/C14H26O3/c1-5-7-9-15-11-13(3)17-14(4)12-16-10-8-6-2/h11-12H,5-10H2,1-4H3. The third-order valence-corrected chi connectivity index (χ3v) is 2.05. The number of allylic oxidation sites excluding steroid dienone is 2. The van der Waals surface area contributed by atoms with Crippen molar-refractivity contribution in [3.63, 3.8) is 0 Å². The van der Waals surface area contributed by atoms with Crippen molar-refractivity contribution in [1.82, 2.24) is 0 Å². The molecule has 0 unspecified atom stereocenters. The second-order valence-electron chi connectivity index (χ2n) is 4.01. The van der Waals surface area contributed by atoms with E-state index in [9.17, 15) is 0 Å². The van der Waals surface area contributed by atoms with E-state index in [1.165, 1.54) is 0 Å². The zero-order valence-electron chi connectivity index (χ0n) is 11.6. The molecule has 0 aliphatic heterocycles. The lowest BCUT2D eigenvalue weighted by Gasteiger charge is -2.07. The van der Waals surface area contributed by atoms with Crippen molar-refractivity contribution in [3.8, 4) is 0 Å². The molecule has 0 amide bonds. The van der Waals surface area contributed by atoms with Crippen LogP contribution < -0.4 is 0 Å². The van der Waals surface area contributed by atoms with Gasteiger partial charge in [0.1, 0.15) is 24.0 Å². The molecule has 3 nitrogen and oxygen atoms in total. The van der Waals surface area contributed by atoms with Crippen LogP contribution in [0.1, 0.15) is 53.4 Å². The Morgan fingerprint density at radius 3 is 1.59 bits per heavy atom. The maximum absolute atomic E-state index is 5.48. The van der Waals surface area contributed by atoms with Gasteiger partial charge in [-0.05, 0) is 26.7 Å². The Bertz CT molecular complexity index is 208. The van der Waals surface area contributed by atoms with E-state index in [-0.39, 0.29) is 0 Å². The molecule has 0 radical (unpaired) electrons. The molecule has 0 aromatic carbocycles. The molecular formula is C14H26O3. The molecule has 100 valence electrons. The van der Waals surface area contributed by atoms with Gasteiger partial charge in [0.15, 0.2) is 0 Å².